The van der Waals surface area contributed by atoms with Crippen molar-refractivity contribution in [2.24, 2.45) is 11.8 Å². The molecular weight excluding hydrogens is 298 g/mol. The van der Waals surface area contributed by atoms with Crippen LogP contribution in [0.1, 0.15) is 63.0 Å². The highest BCUT2D eigenvalue weighted by atomic mass is 16.2. The maximum absolute atomic E-state index is 12.7. The zero-order valence-corrected chi connectivity index (χ0v) is 14.7. The third-order valence-electron chi connectivity index (χ3n) is 6.65. The molecule has 3 fully saturated rings. The number of hydrogen-bond donors (Lipinski definition) is 0. The molecule has 0 radical (unpaired) electrons. The van der Waals surface area contributed by atoms with Crippen LogP contribution in [0.2, 0.25) is 0 Å². The van der Waals surface area contributed by atoms with E-state index in [2.05, 4.69) is 36.1 Å². The lowest BCUT2D eigenvalue weighted by molar-refractivity contribution is -0.154. The fourth-order valence-electron chi connectivity index (χ4n) is 5.66. The predicted molar refractivity (Wildman–Crippen MR) is 93.7 cm³/mol. The highest BCUT2D eigenvalue weighted by Gasteiger charge is 2.56. The quantitative estimate of drug-likeness (QED) is 0.846. The number of nitrogens with zero attached hydrogens (tertiary/aromatic N) is 1. The van der Waals surface area contributed by atoms with E-state index in [1.165, 1.54) is 11.1 Å². The van der Waals surface area contributed by atoms with Gasteiger partial charge in [0, 0.05) is 31.3 Å². The molecular formula is C21H27NO2. The van der Waals surface area contributed by atoms with Crippen molar-refractivity contribution >= 4 is 11.7 Å². The van der Waals surface area contributed by atoms with E-state index in [4.69, 9.17) is 0 Å². The molecule has 2 aliphatic heterocycles. The average molecular weight is 325 g/mol. The second-order valence-electron chi connectivity index (χ2n) is 7.88. The lowest BCUT2D eigenvalue weighted by Gasteiger charge is -2.60. The fraction of sp³-hybridized carbons (Fsp3) is 0.619. The highest BCUT2D eigenvalue weighted by Crippen LogP contribution is 2.55. The van der Waals surface area contributed by atoms with Gasteiger partial charge in [-0.2, -0.15) is 0 Å². The van der Waals surface area contributed by atoms with Crippen LogP contribution < -0.4 is 0 Å². The number of carbonyl (C=O) groups is 2. The first-order valence-electron chi connectivity index (χ1n) is 9.51. The van der Waals surface area contributed by atoms with E-state index in [1.54, 1.807) is 6.92 Å². The largest absolute Gasteiger partial charge is 0.336 e. The number of rotatable bonds is 4. The van der Waals surface area contributed by atoms with Crippen LogP contribution in [-0.2, 0) is 16.0 Å². The Morgan fingerprint density at radius 1 is 1.17 bits per heavy atom. The van der Waals surface area contributed by atoms with Crippen LogP contribution in [0.3, 0.4) is 0 Å². The Morgan fingerprint density at radius 2 is 1.96 bits per heavy atom. The first-order valence-corrected chi connectivity index (χ1v) is 9.51. The lowest BCUT2D eigenvalue weighted by Crippen LogP contribution is -2.65. The van der Waals surface area contributed by atoms with Crippen molar-refractivity contribution in [2.75, 3.05) is 0 Å². The monoisotopic (exact) mass is 325 g/mol. The number of amides is 1. The number of hydrogen-bond acceptors (Lipinski definition) is 2. The van der Waals surface area contributed by atoms with Gasteiger partial charge in [-0.15, -0.1) is 0 Å². The summed E-state index contributed by atoms with van der Waals surface area (Å²) in [6.07, 6.45) is 5.64. The molecule has 0 aromatic heterocycles. The number of unbranched alkanes of at least 4 members (excludes halogenated alkanes) is 1. The highest BCUT2D eigenvalue weighted by molar-refractivity contribution is 5.84. The van der Waals surface area contributed by atoms with E-state index < -0.39 is 0 Å². The topological polar surface area (TPSA) is 37.4 Å². The second-order valence-corrected chi connectivity index (χ2v) is 7.88. The molecule has 2 aliphatic carbocycles. The van der Waals surface area contributed by atoms with E-state index in [1.807, 2.05) is 0 Å². The van der Waals surface area contributed by atoms with Crippen LogP contribution in [0.15, 0.2) is 24.3 Å². The van der Waals surface area contributed by atoms with Crippen molar-refractivity contribution in [2.45, 2.75) is 70.4 Å². The Balaban J connectivity index is 1.67. The minimum atomic E-state index is 0.0724. The van der Waals surface area contributed by atoms with Crippen LogP contribution in [0.4, 0.5) is 0 Å². The van der Waals surface area contributed by atoms with E-state index in [9.17, 15) is 9.59 Å². The van der Waals surface area contributed by atoms with E-state index >= 15 is 0 Å². The number of ketones is 1. The lowest BCUT2D eigenvalue weighted by atomic mass is 9.56. The molecule has 0 N–H and O–H groups in total. The molecule has 5 atom stereocenters. The smallest absolute Gasteiger partial charge is 0.219 e. The van der Waals surface area contributed by atoms with Gasteiger partial charge >= 0.3 is 0 Å². The zero-order valence-electron chi connectivity index (χ0n) is 14.7. The minimum absolute atomic E-state index is 0.0724. The summed E-state index contributed by atoms with van der Waals surface area (Å²) in [6, 6.07) is 9.15. The average Bonchev–Trinajstić information content (AvgIpc) is 2.59. The van der Waals surface area contributed by atoms with Gasteiger partial charge in [0.1, 0.15) is 5.78 Å². The van der Waals surface area contributed by atoms with Gasteiger partial charge in [0.15, 0.2) is 0 Å². The summed E-state index contributed by atoms with van der Waals surface area (Å²) in [6.45, 7) is 3.81. The summed E-state index contributed by atoms with van der Waals surface area (Å²) < 4.78 is 0. The van der Waals surface area contributed by atoms with Crippen molar-refractivity contribution in [3.63, 3.8) is 0 Å². The molecule has 4 bridgehead atoms. The molecule has 4 aliphatic rings. The molecule has 1 amide bonds. The van der Waals surface area contributed by atoms with Crippen molar-refractivity contribution in [1.29, 1.82) is 0 Å². The SMILES string of the molecule is CCCCC(=O)C1CC2C3CC1N(C(C)=O)C2Cc1ccccc13. The van der Waals surface area contributed by atoms with Gasteiger partial charge in [-0.25, -0.2) is 0 Å². The molecule has 1 saturated carbocycles. The Morgan fingerprint density at radius 3 is 2.71 bits per heavy atom. The molecule has 5 rings (SSSR count). The predicted octanol–water partition coefficient (Wildman–Crippen LogP) is 3.71. The van der Waals surface area contributed by atoms with Crippen molar-refractivity contribution in [3.05, 3.63) is 35.4 Å². The second kappa shape index (κ2) is 6.02. The summed E-state index contributed by atoms with van der Waals surface area (Å²) in [5.41, 5.74) is 2.88. The van der Waals surface area contributed by atoms with Crippen LogP contribution in [0, 0.1) is 11.8 Å². The number of Topliss-reactive ketones (excluding diaryl/α,β-unsaturated/α-hetero) is 1. The van der Waals surface area contributed by atoms with Crippen LogP contribution >= 0.6 is 0 Å². The fourth-order valence-corrected chi connectivity index (χ4v) is 5.66. The number of benzene rings is 1. The molecule has 3 nitrogen and oxygen atoms in total. The maximum atomic E-state index is 12.7. The van der Waals surface area contributed by atoms with Crippen molar-refractivity contribution in [3.8, 4) is 0 Å². The minimum Gasteiger partial charge on any atom is -0.336 e. The summed E-state index contributed by atoms with van der Waals surface area (Å²) >= 11 is 0. The van der Waals surface area contributed by atoms with Gasteiger partial charge in [-0.05, 0) is 48.6 Å². The van der Waals surface area contributed by atoms with Crippen molar-refractivity contribution in [1.82, 2.24) is 4.90 Å². The van der Waals surface area contributed by atoms with Crippen LogP contribution in [-0.4, -0.2) is 28.7 Å². The van der Waals surface area contributed by atoms with Crippen molar-refractivity contribution < 1.29 is 9.59 Å². The molecule has 24 heavy (non-hydrogen) atoms. The van der Waals surface area contributed by atoms with Gasteiger partial charge < -0.3 is 4.90 Å². The Bertz CT molecular complexity index is 668. The Kier molecular flexibility index (Phi) is 3.98. The van der Waals surface area contributed by atoms with Gasteiger partial charge in [0.25, 0.3) is 0 Å². The summed E-state index contributed by atoms with van der Waals surface area (Å²) in [7, 11) is 0. The first kappa shape index (κ1) is 15.9. The summed E-state index contributed by atoms with van der Waals surface area (Å²) in [5.74, 6) is 1.62. The third kappa shape index (κ3) is 2.32. The molecule has 0 spiro atoms. The summed E-state index contributed by atoms with van der Waals surface area (Å²) in [4.78, 5) is 27.2. The summed E-state index contributed by atoms with van der Waals surface area (Å²) in [5, 5.41) is 0. The van der Waals surface area contributed by atoms with Crippen LogP contribution in [0.25, 0.3) is 0 Å². The van der Waals surface area contributed by atoms with Gasteiger partial charge in [0.2, 0.25) is 5.91 Å². The number of piperidine rings is 2. The Labute approximate surface area is 144 Å². The Hall–Kier alpha value is -1.64. The molecule has 5 unspecified atom stereocenters. The van der Waals surface area contributed by atoms with Gasteiger partial charge in [0.05, 0.1) is 0 Å². The maximum Gasteiger partial charge on any atom is 0.219 e. The van der Waals surface area contributed by atoms with Crippen LogP contribution in [0.5, 0.6) is 0 Å². The molecule has 2 heterocycles. The molecule has 2 saturated heterocycles. The van der Waals surface area contributed by atoms with E-state index in [-0.39, 0.29) is 17.9 Å². The first-order chi connectivity index (χ1) is 11.6. The van der Waals surface area contributed by atoms with Gasteiger partial charge in [-0.3, -0.25) is 9.59 Å². The molecule has 3 heteroatoms. The normalized spacial score (nSPS) is 33.2. The number of carbonyl (C=O) groups excluding carboxylic acids is 2. The molecule has 1 aromatic rings. The van der Waals surface area contributed by atoms with Gasteiger partial charge in [-0.1, -0.05) is 37.6 Å². The van der Waals surface area contributed by atoms with E-state index in [0.717, 1.165) is 32.1 Å². The third-order valence-corrected chi connectivity index (χ3v) is 6.65. The number of fused-ring (bicyclic) bond motifs is 2. The zero-order chi connectivity index (χ0) is 16.8. The van der Waals surface area contributed by atoms with E-state index in [0.29, 0.717) is 30.1 Å². The molecule has 1 aromatic carbocycles. The standard InChI is InChI=1S/C21H27NO2/c1-3-4-9-21(24)18-11-17-16-12-20(18)22(13(2)23)19(17)10-14-7-5-6-8-15(14)16/h5-8,16-20H,3-4,9-12H2,1-2H3. The molecule has 128 valence electrons.